The van der Waals surface area contributed by atoms with Gasteiger partial charge in [-0.3, -0.25) is 0 Å². The van der Waals surface area contributed by atoms with Crippen LogP contribution in [0.25, 0.3) is 16.5 Å². The van der Waals surface area contributed by atoms with Gasteiger partial charge in [0, 0.05) is 11.5 Å². The Morgan fingerprint density at radius 3 is 3.00 bits per heavy atom. The third-order valence-electron chi connectivity index (χ3n) is 1.59. The summed E-state index contributed by atoms with van der Waals surface area (Å²) in [6.07, 6.45) is 3.57. The molecule has 0 saturated heterocycles. The van der Waals surface area contributed by atoms with Crippen molar-refractivity contribution in [2.45, 2.75) is 0 Å². The Morgan fingerprint density at radius 2 is 2.36 bits per heavy atom. The Labute approximate surface area is 86.6 Å². The van der Waals surface area contributed by atoms with Crippen molar-refractivity contribution >= 4 is 23.4 Å². The zero-order valence-corrected chi connectivity index (χ0v) is 8.15. The van der Waals surface area contributed by atoms with Gasteiger partial charge in [0.1, 0.15) is 0 Å². The van der Waals surface area contributed by atoms with E-state index in [0.29, 0.717) is 17.3 Å². The van der Waals surface area contributed by atoms with Crippen LogP contribution >= 0.6 is 11.6 Å². The van der Waals surface area contributed by atoms with E-state index in [9.17, 15) is 0 Å². The normalized spacial score (nSPS) is 10.1. The summed E-state index contributed by atoms with van der Waals surface area (Å²) in [6, 6.07) is 5.33. The van der Waals surface area contributed by atoms with E-state index >= 15 is 0 Å². The molecule has 0 saturated carbocycles. The fourth-order valence-corrected chi connectivity index (χ4v) is 1.11. The summed E-state index contributed by atoms with van der Waals surface area (Å²) < 4.78 is 0. The first kappa shape index (κ1) is 10.4. The molecule has 0 aliphatic carbocycles. The lowest BCUT2D eigenvalue weighted by Crippen LogP contribution is -1.85. The van der Waals surface area contributed by atoms with Gasteiger partial charge in [0.05, 0.1) is 10.7 Å². The molecule has 14 heavy (non-hydrogen) atoms. The largest absolute Gasteiger partial charge is 0.398 e. The van der Waals surface area contributed by atoms with E-state index in [2.05, 4.69) is 10.0 Å². The van der Waals surface area contributed by atoms with Gasteiger partial charge in [0.15, 0.2) is 0 Å². The van der Waals surface area contributed by atoms with Crippen LogP contribution < -0.4 is 5.73 Å². The van der Waals surface area contributed by atoms with Crippen LogP contribution in [0.1, 0.15) is 5.56 Å². The van der Waals surface area contributed by atoms with Gasteiger partial charge in [-0.1, -0.05) is 34.9 Å². The van der Waals surface area contributed by atoms with Gasteiger partial charge >= 0.3 is 0 Å². The molecular weight excluding hydrogens is 200 g/mol. The van der Waals surface area contributed by atoms with E-state index in [1.165, 1.54) is 0 Å². The summed E-state index contributed by atoms with van der Waals surface area (Å²) in [5.41, 5.74) is 15.1. The molecule has 0 aliphatic rings. The molecule has 1 aromatic rings. The molecule has 0 radical (unpaired) electrons. The van der Waals surface area contributed by atoms with E-state index in [0.717, 1.165) is 5.56 Å². The van der Waals surface area contributed by atoms with Crippen LogP contribution in [-0.2, 0) is 0 Å². The van der Waals surface area contributed by atoms with Crippen molar-refractivity contribution in [2.24, 2.45) is 5.11 Å². The quantitative estimate of drug-likeness (QED) is 0.352. The summed E-state index contributed by atoms with van der Waals surface area (Å²) in [4.78, 5) is 2.63. The minimum Gasteiger partial charge on any atom is -0.398 e. The smallest absolute Gasteiger partial charge is 0.0641 e. The summed E-state index contributed by atoms with van der Waals surface area (Å²) in [5, 5.41) is 3.89. The second-order valence-electron chi connectivity index (χ2n) is 2.60. The first-order valence-electron chi connectivity index (χ1n) is 3.96. The highest BCUT2D eigenvalue weighted by Gasteiger charge is 1.94. The van der Waals surface area contributed by atoms with Crippen molar-refractivity contribution in [3.63, 3.8) is 0 Å². The number of rotatable bonds is 3. The van der Waals surface area contributed by atoms with E-state index in [1.54, 1.807) is 18.2 Å². The average molecular weight is 209 g/mol. The second-order valence-corrected chi connectivity index (χ2v) is 3.00. The lowest BCUT2D eigenvalue weighted by atomic mass is 10.2. The highest BCUT2D eigenvalue weighted by atomic mass is 35.5. The molecule has 0 fully saturated rings. The van der Waals surface area contributed by atoms with E-state index in [4.69, 9.17) is 22.9 Å². The first-order valence-corrected chi connectivity index (χ1v) is 4.34. The lowest BCUT2D eigenvalue weighted by molar-refractivity contribution is 1.22. The molecule has 5 heteroatoms. The molecule has 0 bridgehead atoms. The Hall–Kier alpha value is -1.64. The number of anilines is 1. The van der Waals surface area contributed by atoms with E-state index in [1.807, 2.05) is 12.1 Å². The molecule has 0 heterocycles. The molecule has 4 nitrogen and oxygen atoms in total. The third-order valence-corrected chi connectivity index (χ3v) is 1.91. The molecule has 0 aliphatic heterocycles. The van der Waals surface area contributed by atoms with Crippen LogP contribution in [0.15, 0.2) is 29.4 Å². The van der Waals surface area contributed by atoms with Crippen molar-refractivity contribution in [3.05, 3.63) is 45.3 Å². The Morgan fingerprint density at radius 1 is 1.57 bits per heavy atom. The molecule has 0 amide bonds. The van der Waals surface area contributed by atoms with Crippen LogP contribution in [0.2, 0.25) is 5.02 Å². The van der Waals surface area contributed by atoms with Crippen LogP contribution in [0.3, 0.4) is 0 Å². The summed E-state index contributed by atoms with van der Waals surface area (Å²) in [7, 11) is 0. The molecule has 1 aromatic carbocycles. The number of hydrogen-bond acceptors (Lipinski definition) is 2. The van der Waals surface area contributed by atoms with Crippen LogP contribution in [0.4, 0.5) is 5.69 Å². The van der Waals surface area contributed by atoms with E-state index in [-0.39, 0.29) is 0 Å². The van der Waals surface area contributed by atoms with Crippen molar-refractivity contribution in [1.29, 1.82) is 0 Å². The van der Waals surface area contributed by atoms with Gasteiger partial charge in [-0.05, 0) is 23.2 Å². The Kier molecular flexibility index (Phi) is 3.85. The Bertz CT molecular complexity index is 394. The fourth-order valence-electron chi connectivity index (χ4n) is 0.919. The SMILES string of the molecule is [N-]=[N+]=NCC=Cc1ccc(N)c(Cl)c1. The minimum absolute atomic E-state index is 0.332. The highest BCUT2D eigenvalue weighted by molar-refractivity contribution is 6.33. The zero-order valence-electron chi connectivity index (χ0n) is 7.39. The summed E-state index contributed by atoms with van der Waals surface area (Å²) >= 11 is 5.81. The van der Waals surface area contributed by atoms with Gasteiger partial charge in [-0.2, -0.15) is 0 Å². The molecule has 0 aromatic heterocycles. The van der Waals surface area contributed by atoms with Crippen LogP contribution in [0.5, 0.6) is 0 Å². The van der Waals surface area contributed by atoms with Gasteiger partial charge < -0.3 is 5.73 Å². The maximum Gasteiger partial charge on any atom is 0.0641 e. The maximum absolute atomic E-state index is 8.03. The predicted octanol–water partition coefficient (Wildman–Crippen LogP) is 3.25. The number of nitrogen functional groups attached to an aromatic ring is 1. The van der Waals surface area contributed by atoms with Crippen molar-refractivity contribution in [3.8, 4) is 0 Å². The van der Waals surface area contributed by atoms with Gasteiger partial charge in [-0.15, -0.1) is 0 Å². The second kappa shape index (κ2) is 5.17. The van der Waals surface area contributed by atoms with Gasteiger partial charge in [0.25, 0.3) is 0 Å². The Balaban J connectivity index is 2.72. The summed E-state index contributed by atoms with van der Waals surface area (Å²) in [5.74, 6) is 0. The number of azide groups is 1. The molecule has 2 N–H and O–H groups in total. The molecule has 0 atom stereocenters. The maximum atomic E-state index is 8.03. The fraction of sp³-hybridized carbons (Fsp3) is 0.111. The van der Waals surface area contributed by atoms with Crippen molar-refractivity contribution in [1.82, 2.24) is 0 Å². The minimum atomic E-state index is 0.332. The zero-order chi connectivity index (χ0) is 10.4. The van der Waals surface area contributed by atoms with Crippen LogP contribution in [-0.4, -0.2) is 6.54 Å². The average Bonchev–Trinajstić information content (AvgIpc) is 2.18. The first-order chi connectivity index (χ1) is 6.74. The number of halogens is 1. The van der Waals surface area contributed by atoms with Crippen LogP contribution in [0, 0.1) is 0 Å². The summed E-state index contributed by atoms with van der Waals surface area (Å²) in [6.45, 7) is 0.332. The molecule has 0 unspecified atom stereocenters. The monoisotopic (exact) mass is 208 g/mol. The molecule has 72 valence electrons. The lowest BCUT2D eigenvalue weighted by Gasteiger charge is -1.98. The molecular formula is C9H9ClN4. The number of nitrogens with zero attached hydrogens (tertiary/aromatic N) is 3. The van der Waals surface area contributed by atoms with Crippen molar-refractivity contribution in [2.75, 3.05) is 12.3 Å². The number of benzene rings is 1. The van der Waals surface area contributed by atoms with Gasteiger partial charge in [0.2, 0.25) is 0 Å². The topological polar surface area (TPSA) is 74.8 Å². The predicted molar refractivity (Wildman–Crippen MR) is 58.9 cm³/mol. The highest BCUT2D eigenvalue weighted by Crippen LogP contribution is 2.20. The standard InChI is InChI=1S/C9H9ClN4/c10-8-6-7(3-4-9(8)11)2-1-5-13-14-12/h1-4,6H,5,11H2. The molecule has 0 spiro atoms. The van der Waals surface area contributed by atoms with E-state index < -0.39 is 0 Å². The van der Waals surface area contributed by atoms with Crippen molar-refractivity contribution < 1.29 is 0 Å². The van der Waals surface area contributed by atoms with Gasteiger partial charge in [-0.25, -0.2) is 0 Å². The number of hydrogen-bond donors (Lipinski definition) is 1. The third kappa shape index (κ3) is 3.01. The molecule has 1 rings (SSSR count). The number of nitrogens with two attached hydrogens (primary N) is 1.